The number of nitrogens with zero attached hydrogens (tertiary/aromatic N) is 1. The molecule has 1 aromatic carbocycles. The minimum atomic E-state index is -4.80. The van der Waals surface area contributed by atoms with Gasteiger partial charge in [0, 0.05) is 11.3 Å². The Labute approximate surface area is 190 Å². The number of nitrogens with one attached hydrogen (secondary N) is 1. The minimum absolute atomic E-state index is 0.240. The molecule has 1 aliphatic heterocycles. The summed E-state index contributed by atoms with van der Waals surface area (Å²) in [7, 11) is 0. The van der Waals surface area contributed by atoms with Crippen LogP contribution in [0.4, 0.5) is 13.2 Å². The first-order valence-corrected chi connectivity index (χ1v) is 11.0. The van der Waals surface area contributed by atoms with Crippen LogP contribution in [0.25, 0.3) is 0 Å². The molecule has 2 aromatic rings. The fourth-order valence-corrected chi connectivity index (χ4v) is 4.00. The van der Waals surface area contributed by atoms with Crippen LogP contribution in [0.2, 0.25) is 0 Å². The number of ether oxygens (including phenoxy) is 2. The molecule has 0 amide bonds. The molecule has 1 aliphatic rings. The van der Waals surface area contributed by atoms with E-state index in [0.717, 1.165) is 17.1 Å². The number of thioether (sulfide) groups is 1. The van der Waals surface area contributed by atoms with E-state index in [1.54, 1.807) is 36.0 Å². The fraction of sp³-hybridized carbons (Fsp3) is 0.500. The van der Waals surface area contributed by atoms with E-state index in [1.165, 1.54) is 0 Å². The van der Waals surface area contributed by atoms with Crippen molar-refractivity contribution in [3.63, 3.8) is 0 Å². The number of carbonyl (C=O) groups is 1. The number of aromatic nitrogens is 2. The van der Waals surface area contributed by atoms with Crippen molar-refractivity contribution in [1.29, 1.82) is 0 Å². The van der Waals surface area contributed by atoms with Crippen molar-refractivity contribution in [1.82, 2.24) is 10.2 Å². The van der Waals surface area contributed by atoms with E-state index in [0.29, 0.717) is 5.56 Å². The summed E-state index contributed by atoms with van der Waals surface area (Å²) in [5.74, 6) is -1.33. The number of rotatable bonds is 8. The van der Waals surface area contributed by atoms with Gasteiger partial charge in [-0.2, -0.15) is 13.2 Å². The number of halogens is 3. The van der Waals surface area contributed by atoms with Gasteiger partial charge in [0.1, 0.15) is 24.0 Å². The van der Waals surface area contributed by atoms with Crippen LogP contribution in [0.5, 0.6) is 5.88 Å². The average Bonchev–Trinajstić information content (AvgIpc) is 3.16. The van der Waals surface area contributed by atoms with E-state index in [-0.39, 0.29) is 12.0 Å². The second-order valence-corrected chi connectivity index (χ2v) is 8.57. The molecule has 13 heteroatoms. The highest BCUT2D eigenvalue weighted by Crippen LogP contribution is 2.37. The second kappa shape index (κ2) is 10.3. The lowest BCUT2D eigenvalue weighted by Gasteiger charge is -2.38. The first-order chi connectivity index (χ1) is 15.5. The number of hydrogen-bond donors (Lipinski definition) is 5. The Morgan fingerprint density at radius 1 is 1.18 bits per heavy atom. The quantitative estimate of drug-likeness (QED) is 0.348. The molecule has 5 N–H and O–H groups in total. The summed E-state index contributed by atoms with van der Waals surface area (Å²) in [6, 6.07) is 6.91. The van der Waals surface area contributed by atoms with E-state index >= 15 is 0 Å². The average molecular weight is 492 g/mol. The lowest BCUT2D eigenvalue weighted by atomic mass is 9.99. The van der Waals surface area contributed by atoms with E-state index in [2.05, 4.69) is 5.10 Å². The number of H-pyrrole nitrogens is 1. The van der Waals surface area contributed by atoms with E-state index < -0.39 is 54.4 Å². The summed E-state index contributed by atoms with van der Waals surface area (Å²) in [5, 5.41) is 44.3. The van der Waals surface area contributed by atoms with Crippen molar-refractivity contribution in [2.45, 2.75) is 61.5 Å². The number of aromatic amines is 1. The molecule has 0 unspecified atom stereocenters. The summed E-state index contributed by atoms with van der Waals surface area (Å²) < 4.78 is 50.9. The van der Waals surface area contributed by atoms with Crippen molar-refractivity contribution in [3.05, 3.63) is 41.1 Å². The third kappa shape index (κ3) is 5.79. The molecular weight excluding hydrogens is 469 g/mol. The molecule has 5 atom stereocenters. The van der Waals surface area contributed by atoms with Gasteiger partial charge in [0.2, 0.25) is 12.2 Å². The smallest absolute Gasteiger partial charge is 0.433 e. The van der Waals surface area contributed by atoms with Crippen LogP contribution in [-0.4, -0.2) is 73.1 Å². The number of carboxylic acids is 1. The minimum Gasteiger partial charge on any atom is -0.479 e. The van der Waals surface area contributed by atoms with Gasteiger partial charge in [0.05, 0.1) is 5.56 Å². The molecule has 0 bridgehead atoms. The van der Waals surface area contributed by atoms with Crippen molar-refractivity contribution in [2.75, 3.05) is 5.75 Å². The number of aliphatic hydroxyl groups is 3. The zero-order valence-corrected chi connectivity index (χ0v) is 18.1. The maximum Gasteiger partial charge on any atom is 0.433 e. The third-order valence-electron chi connectivity index (χ3n) is 4.93. The van der Waals surface area contributed by atoms with Crippen LogP contribution in [0.3, 0.4) is 0 Å². The zero-order valence-electron chi connectivity index (χ0n) is 17.3. The highest BCUT2D eigenvalue weighted by Gasteiger charge is 2.49. The summed E-state index contributed by atoms with van der Waals surface area (Å²) in [5.41, 5.74) is -1.04. The van der Waals surface area contributed by atoms with Gasteiger partial charge in [-0.3, -0.25) is 5.10 Å². The highest BCUT2D eigenvalue weighted by atomic mass is 32.2. The number of hydrogen-bond acceptors (Lipinski definition) is 8. The molecule has 0 aliphatic carbocycles. The van der Waals surface area contributed by atoms with Crippen molar-refractivity contribution in [2.24, 2.45) is 0 Å². The maximum absolute atomic E-state index is 13.5. The Kier molecular flexibility index (Phi) is 7.90. The van der Waals surface area contributed by atoms with Crippen LogP contribution in [-0.2, 0) is 22.1 Å². The van der Waals surface area contributed by atoms with Gasteiger partial charge in [-0.15, -0.1) is 16.9 Å². The lowest BCUT2D eigenvalue weighted by molar-refractivity contribution is -0.271. The Morgan fingerprint density at radius 2 is 1.85 bits per heavy atom. The first kappa shape index (κ1) is 25.3. The zero-order chi connectivity index (χ0) is 24.3. The summed E-state index contributed by atoms with van der Waals surface area (Å²) >= 11 is 1.61. The third-order valence-corrected chi connectivity index (χ3v) is 6.15. The number of benzene rings is 1. The van der Waals surface area contributed by atoms with Gasteiger partial charge in [-0.1, -0.05) is 19.1 Å². The number of carboxylic acid groups (broad SMARTS) is 1. The van der Waals surface area contributed by atoms with E-state index in [1.807, 2.05) is 12.0 Å². The second-order valence-electron chi connectivity index (χ2n) is 7.40. The molecule has 33 heavy (non-hydrogen) atoms. The number of aliphatic hydroxyl groups excluding tert-OH is 3. The van der Waals surface area contributed by atoms with Gasteiger partial charge < -0.3 is 29.9 Å². The van der Waals surface area contributed by atoms with Crippen LogP contribution < -0.4 is 4.74 Å². The first-order valence-electron chi connectivity index (χ1n) is 9.98. The molecular formula is C20H23F3N2O7S. The van der Waals surface area contributed by atoms with Gasteiger partial charge in [-0.05, 0) is 29.9 Å². The van der Waals surface area contributed by atoms with Gasteiger partial charge in [-0.25, -0.2) is 4.79 Å². The van der Waals surface area contributed by atoms with Crippen molar-refractivity contribution >= 4 is 17.7 Å². The normalized spacial score (nSPS) is 25.7. The SMILES string of the molecule is CCCSc1ccc(Cc2c(O[C@@H]3O[C@H](C(=O)O)[C@@H](O)[C@H](O)[C@H]3O)n[nH]c2C(F)(F)F)cc1. The molecule has 9 nitrogen and oxygen atoms in total. The molecule has 2 heterocycles. The van der Waals surface area contributed by atoms with Crippen LogP contribution >= 0.6 is 11.8 Å². The Hall–Kier alpha value is -2.32. The molecule has 1 saturated heterocycles. The molecule has 0 spiro atoms. The monoisotopic (exact) mass is 492 g/mol. The van der Waals surface area contributed by atoms with E-state index in [9.17, 15) is 33.3 Å². The van der Waals surface area contributed by atoms with Gasteiger partial charge in [0.15, 0.2) is 6.10 Å². The molecule has 3 rings (SSSR count). The summed E-state index contributed by atoms with van der Waals surface area (Å²) in [6.45, 7) is 2.03. The lowest BCUT2D eigenvalue weighted by Crippen LogP contribution is -2.61. The predicted molar refractivity (Wildman–Crippen MR) is 109 cm³/mol. The standard InChI is InChI=1S/C20H23F3N2O7S/c1-2-7-33-10-5-3-9(4-6-10)8-11-16(20(21,22)23)24-25-17(11)32-19-14(28)12(26)13(27)15(31-19)18(29)30/h3-6,12-15,19,26-28H,2,7-8H2,1H3,(H,24,25)(H,29,30)/t12-,13-,14+,15-,19-/m0/s1. The van der Waals surface area contributed by atoms with Crippen molar-refractivity contribution in [3.8, 4) is 5.88 Å². The number of aliphatic carboxylic acids is 1. The molecule has 1 aromatic heterocycles. The molecule has 0 radical (unpaired) electrons. The number of alkyl halides is 3. The fourth-order valence-electron chi connectivity index (χ4n) is 3.23. The van der Waals surface area contributed by atoms with Crippen LogP contribution in [0.15, 0.2) is 29.2 Å². The Balaban J connectivity index is 1.87. The molecule has 182 valence electrons. The largest absolute Gasteiger partial charge is 0.479 e. The van der Waals surface area contributed by atoms with Crippen LogP contribution in [0, 0.1) is 0 Å². The van der Waals surface area contributed by atoms with Crippen molar-refractivity contribution < 1.29 is 47.9 Å². The molecule has 0 saturated carbocycles. The highest BCUT2D eigenvalue weighted by molar-refractivity contribution is 7.99. The summed E-state index contributed by atoms with van der Waals surface area (Å²) in [4.78, 5) is 12.2. The Bertz CT molecular complexity index is 954. The van der Waals surface area contributed by atoms with E-state index in [4.69, 9.17) is 14.6 Å². The Morgan fingerprint density at radius 3 is 2.42 bits per heavy atom. The predicted octanol–water partition coefficient (Wildman–Crippen LogP) is 1.79. The van der Waals surface area contributed by atoms with Gasteiger partial charge >= 0.3 is 12.1 Å². The van der Waals surface area contributed by atoms with Crippen LogP contribution in [0.1, 0.15) is 30.2 Å². The topological polar surface area (TPSA) is 145 Å². The maximum atomic E-state index is 13.5. The molecule has 1 fully saturated rings. The van der Waals surface area contributed by atoms with Gasteiger partial charge in [0.25, 0.3) is 0 Å². The summed E-state index contributed by atoms with van der Waals surface area (Å²) in [6.07, 6.45) is -13.8.